The summed E-state index contributed by atoms with van der Waals surface area (Å²) in [5, 5.41) is 24.2. The Kier molecular flexibility index (Phi) is 5.31. The van der Waals surface area contributed by atoms with Crippen molar-refractivity contribution < 1.29 is 23.4 Å². The van der Waals surface area contributed by atoms with Gasteiger partial charge in [-0.1, -0.05) is 36.4 Å². The van der Waals surface area contributed by atoms with Crippen LogP contribution in [-0.4, -0.2) is 16.3 Å². The lowest BCUT2D eigenvalue weighted by molar-refractivity contribution is -0.137. The molecule has 0 spiro atoms. The van der Waals surface area contributed by atoms with Crippen LogP contribution < -0.4 is 11.1 Å². The van der Waals surface area contributed by atoms with E-state index < -0.39 is 23.6 Å². The quantitative estimate of drug-likeness (QED) is 0.616. The average molecular weight is 380 g/mol. The number of halogens is 3. The third-order valence-electron chi connectivity index (χ3n) is 5.08. The normalized spacial score (nSPS) is 27.4. The monoisotopic (exact) mass is 380 g/mol. The minimum absolute atomic E-state index is 0.0532. The SMILES string of the molecule is C[C@H]1CC(O)(c2ccc(C(F)(F)F)cc2)C[C@@H](c2cccc(C(N)O)c2)N1. The highest BCUT2D eigenvalue weighted by molar-refractivity contribution is 5.32. The molecule has 27 heavy (non-hydrogen) atoms. The molecule has 0 aliphatic carbocycles. The van der Waals surface area contributed by atoms with Crippen LogP contribution in [0.1, 0.15) is 54.3 Å². The molecule has 0 saturated carbocycles. The van der Waals surface area contributed by atoms with Gasteiger partial charge in [-0.25, -0.2) is 0 Å². The molecule has 1 heterocycles. The lowest BCUT2D eigenvalue weighted by Gasteiger charge is -2.42. The van der Waals surface area contributed by atoms with Crippen LogP contribution in [0.2, 0.25) is 0 Å². The molecule has 2 aromatic carbocycles. The van der Waals surface area contributed by atoms with Crippen LogP contribution in [0.15, 0.2) is 48.5 Å². The molecule has 0 bridgehead atoms. The summed E-state index contributed by atoms with van der Waals surface area (Å²) in [4.78, 5) is 0. The number of alkyl halides is 3. The first-order valence-corrected chi connectivity index (χ1v) is 8.78. The van der Waals surface area contributed by atoms with Crippen molar-refractivity contribution in [2.24, 2.45) is 5.73 Å². The van der Waals surface area contributed by atoms with Crippen LogP contribution >= 0.6 is 0 Å². The van der Waals surface area contributed by atoms with Gasteiger partial charge in [-0.15, -0.1) is 0 Å². The molecule has 2 aromatic rings. The summed E-state index contributed by atoms with van der Waals surface area (Å²) in [5.74, 6) is 0. The Morgan fingerprint density at radius 3 is 2.41 bits per heavy atom. The fourth-order valence-electron chi connectivity index (χ4n) is 3.77. The van der Waals surface area contributed by atoms with Crippen molar-refractivity contribution >= 4 is 0 Å². The highest BCUT2D eigenvalue weighted by atomic mass is 19.4. The number of nitrogens with two attached hydrogens (primary N) is 1. The zero-order chi connectivity index (χ0) is 19.8. The summed E-state index contributed by atoms with van der Waals surface area (Å²) in [6, 6.07) is 11.5. The summed E-state index contributed by atoms with van der Waals surface area (Å²) in [7, 11) is 0. The largest absolute Gasteiger partial charge is 0.416 e. The van der Waals surface area contributed by atoms with Gasteiger partial charge in [-0.2, -0.15) is 13.2 Å². The third kappa shape index (κ3) is 4.32. The zero-order valence-electron chi connectivity index (χ0n) is 14.9. The lowest BCUT2D eigenvalue weighted by Crippen LogP contribution is -2.46. The molecule has 3 rings (SSSR count). The van der Waals surface area contributed by atoms with E-state index in [2.05, 4.69) is 5.32 Å². The van der Waals surface area contributed by atoms with Crippen molar-refractivity contribution in [2.75, 3.05) is 0 Å². The van der Waals surface area contributed by atoms with Crippen molar-refractivity contribution in [1.82, 2.24) is 5.32 Å². The first-order chi connectivity index (χ1) is 12.6. The van der Waals surface area contributed by atoms with Gasteiger partial charge in [0.1, 0.15) is 6.23 Å². The van der Waals surface area contributed by atoms with E-state index in [-0.39, 0.29) is 12.1 Å². The fourth-order valence-corrected chi connectivity index (χ4v) is 3.77. The van der Waals surface area contributed by atoms with Crippen LogP contribution in [0.5, 0.6) is 0 Å². The first kappa shape index (κ1) is 19.8. The second kappa shape index (κ2) is 7.24. The van der Waals surface area contributed by atoms with Crippen LogP contribution in [0.25, 0.3) is 0 Å². The molecule has 2 unspecified atom stereocenters. The van der Waals surface area contributed by atoms with E-state index in [1.807, 2.05) is 13.0 Å². The smallest absolute Gasteiger partial charge is 0.385 e. The maximum Gasteiger partial charge on any atom is 0.416 e. The molecule has 146 valence electrons. The molecular formula is C20H23F3N2O2. The molecule has 5 N–H and O–H groups in total. The number of nitrogens with one attached hydrogen (secondary N) is 1. The maximum atomic E-state index is 12.8. The van der Waals surface area contributed by atoms with E-state index in [0.717, 1.165) is 17.7 Å². The molecule has 0 aromatic heterocycles. The molecule has 0 amide bonds. The van der Waals surface area contributed by atoms with Gasteiger partial charge in [0.15, 0.2) is 0 Å². The third-order valence-corrected chi connectivity index (χ3v) is 5.08. The van der Waals surface area contributed by atoms with E-state index in [9.17, 15) is 23.4 Å². The van der Waals surface area contributed by atoms with Gasteiger partial charge in [-0.3, -0.25) is 0 Å². The number of rotatable bonds is 3. The second-order valence-electron chi connectivity index (χ2n) is 7.25. The van der Waals surface area contributed by atoms with Crippen molar-refractivity contribution in [2.45, 2.75) is 49.9 Å². The summed E-state index contributed by atoms with van der Waals surface area (Å²) >= 11 is 0. The highest BCUT2D eigenvalue weighted by Gasteiger charge is 2.40. The van der Waals surface area contributed by atoms with Crippen LogP contribution in [0.3, 0.4) is 0 Å². The molecule has 1 saturated heterocycles. The molecule has 1 fully saturated rings. The maximum absolute atomic E-state index is 12.8. The Hall–Kier alpha value is -1.93. The number of hydrogen-bond acceptors (Lipinski definition) is 4. The second-order valence-corrected chi connectivity index (χ2v) is 7.25. The Labute approximate surface area is 155 Å². The standard InChI is InChI=1S/C20H23F3N2O2/c1-12-10-19(27,15-5-7-16(8-6-15)20(21,22)23)11-17(25-12)13-3-2-4-14(9-13)18(24)26/h2-9,12,17-18,25-27H,10-11,24H2,1H3/t12-,17-,18?,19?/m0/s1. The summed E-state index contributed by atoms with van der Waals surface area (Å²) < 4.78 is 38.4. The number of aliphatic hydroxyl groups excluding tert-OH is 1. The predicted octanol–water partition coefficient (Wildman–Crippen LogP) is 3.36. The van der Waals surface area contributed by atoms with Crippen molar-refractivity contribution in [1.29, 1.82) is 0 Å². The summed E-state index contributed by atoms with van der Waals surface area (Å²) in [5.41, 5.74) is 5.41. The molecule has 1 aliphatic rings. The summed E-state index contributed by atoms with van der Waals surface area (Å²) in [6.07, 6.45) is -4.82. The number of benzene rings is 2. The Morgan fingerprint density at radius 1 is 1.15 bits per heavy atom. The van der Waals surface area contributed by atoms with Crippen LogP contribution in [0, 0.1) is 0 Å². The molecule has 1 aliphatic heterocycles. The van der Waals surface area contributed by atoms with E-state index in [1.165, 1.54) is 12.1 Å². The number of aliphatic hydroxyl groups is 2. The summed E-state index contributed by atoms with van der Waals surface area (Å²) in [6.45, 7) is 1.92. The minimum Gasteiger partial charge on any atom is -0.385 e. The van der Waals surface area contributed by atoms with Crippen LogP contribution in [0.4, 0.5) is 13.2 Å². The van der Waals surface area contributed by atoms with E-state index in [0.29, 0.717) is 24.0 Å². The lowest BCUT2D eigenvalue weighted by atomic mass is 9.77. The van der Waals surface area contributed by atoms with Gasteiger partial charge in [0.25, 0.3) is 0 Å². The average Bonchev–Trinajstić information content (AvgIpc) is 2.60. The van der Waals surface area contributed by atoms with Gasteiger partial charge >= 0.3 is 6.18 Å². The van der Waals surface area contributed by atoms with E-state index in [4.69, 9.17) is 5.73 Å². The molecule has 7 heteroatoms. The van der Waals surface area contributed by atoms with Crippen molar-refractivity contribution in [3.8, 4) is 0 Å². The Balaban J connectivity index is 1.89. The van der Waals surface area contributed by atoms with Gasteiger partial charge in [0, 0.05) is 12.1 Å². The Bertz CT molecular complexity index is 793. The molecule has 0 radical (unpaired) electrons. The highest BCUT2D eigenvalue weighted by Crippen LogP contribution is 2.41. The minimum atomic E-state index is -4.41. The van der Waals surface area contributed by atoms with E-state index >= 15 is 0 Å². The fraction of sp³-hybridized carbons (Fsp3) is 0.400. The van der Waals surface area contributed by atoms with Gasteiger partial charge < -0.3 is 21.3 Å². The van der Waals surface area contributed by atoms with Gasteiger partial charge in [0.05, 0.1) is 11.2 Å². The molecule has 4 atom stereocenters. The van der Waals surface area contributed by atoms with Crippen molar-refractivity contribution in [3.05, 3.63) is 70.8 Å². The molecule has 4 nitrogen and oxygen atoms in total. The zero-order valence-corrected chi connectivity index (χ0v) is 14.9. The Morgan fingerprint density at radius 2 is 1.81 bits per heavy atom. The first-order valence-electron chi connectivity index (χ1n) is 8.78. The number of piperidine rings is 1. The van der Waals surface area contributed by atoms with Crippen LogP contribution in [-0.2, 0) is 11.8 Å². The molecular weight excluding hydrogens is 357 g/mol. The predicted molar refractivity (Wildman–Crippen MR) is 95.5 cm³/mol. The van der Waals surface area contributed by atoms with Crippen molar-refractivity contribution in [3.63, 3.8) is 0 Å². The van der Waals surface area contributed by atoms with Gasteiger partial charge in [0.2, 0.25) is 0 Å². The van der Waals surface area contributed by atoms with E-state index in [1.54, 1.807) is 18.2 Å². The number of hydrogen-bond donors (Lipinski definition) is 4. The topological polar surface area (TPSA) is 78.5 Å². The van der Waals surface area contributed by atoms with Gasteiger partial charge in [-0.05, 0) is 48.6 Å².